The molecule has 7 nitrogen and oxygen atoms in total. The Hall–Kier alpha value is -2.13. The average molecular weight is 470 g/mol. The van der Waals surface area contributed by atoms with Crippen LogP contribution in [0.3, 0.4) is 0 Å². The number of nitrogens with zero attached hydrogens (tertiary/aromatic N) is 2. The number of carbonyl (C=O) groups is 2. The average Bonchev–Trinajstić information content (AvgIpc) is 2.76. The molecular weight excluding hydrogens is 449 g/mol. The molecule has 1 saturated heterocycles. The number of sulfonamides is 1. The molecule has 30 heavy (non-hydrogen) atoms. The van der Waals surface area contributed by atoms with Gasteiger partial charge in [0.05, 0.1) is 14.9 Å². The van der Waals surface area contributed by atoms with Crippen molar-refractivity contribution in [3.8, 4) is 0 Å². The number of hydrogen-bond acceptors (Lipinski definition) is 4. The largest absolute Gasteiger partial charge is 0.352 e. The predicted molar refractivity (Wildman–Crippen MR) is 115 cm³/mol. The van der Waals surface area contributed by atoms with Crippen molar-refractivity contribution in [3.05, 3.63) is 64.1 Å². The van der Waals surface area contributed by atoms with Crippen LogP contribution in [0, 0.1) is 0 Å². The molecule has 1 fully saturated rings. The fourth-order valence-corrected chi connectivity index (χ4v) is 4.91. The molecule has 0 aliphatic carbocycles. The monoisotopic (exact) mass is 469 g/mol. The second kappa shape index (κ2) is 9.78. The number of carbonyl (C=O) groups excluding carboxylic acids is 2. The molecule has 160 valence electrons. The molecular formula is C20H21Cl2N3O4S. The lowest BCUT2D eigenvalue weighted by atomic mass is 10.2. The van der Waals surface area contributed by atoms with E-state index in [1.807, 2.05) is 6.07 Å². The zero-order valence-corrected chi connectivity index (χ0v) is 18.4. The van der Waals surface area contributed by atoms with Gasteiger partial charge in [0.1, 0.15) is 0 Å². The van der Waals surface area contributed by atoms with Gasteiger partial charge in [-0.05, 0) is 30.3 Å². The van der Waals surface area contributed by atoms with E-state index in [2.05, 4.69) is 5.32 Å². The van der Waals surface area contributed by atoms with Crippen LogP contribution in [0.1, 0.15) is 16.8 Å². The van der Waals surface area contributed by atoms with Crippen molar-refractivity contribution in [1.29, 1.82) is 0 Å². The van der Waals surface area contributed by atoms with Crippen molar-refractivity contribution in [2.75, 3.05) is 32.7 Å². The normalized spacial score (nSPS) is 15.1. The Labute approximate surface area is 185 Å². The lowest BCUT2D eigenvalue weighted by molar-refractivity contribution is -0.132. The molecule has 3 rings (SSSR count). The van der Waals surface area contributed by atoms with Gasteiger partial charge < -0.3 is 10.2 Å². The lowest BCUT2D eigenvalue weighted by Gasteiger charge is -2.34. The van der Waals surface area contributed by atoms with Gasteiger partial charge in [0.2, 0.25) is 15.9 Å². The summed E-state index contributed by atoms with van der Waals surface area (Å²) < 4.78 is 26.9. The molecule has 0 saturated carbocycles. The van der Waals surface area contributed by atoms with Crippen molar-refractivity contribution in [3.63, 3.8) is 0 Å². The topological polar surface area (TPSA) is 86.8 Å². The first kappa shape index (κ1) is 22.6. The molecule has 2 amide bonds. The molecule has 0 radical (unpaired) electrons. The van der Waals surface area contributed by atoms with Crippen LogP contribution < -0.4 is 5.32 Å². The van der Waals surface area contributed by atoms with E-state index in [4.69, 9.17) is 23.2 Å². The summed E-state index contributed by atoms with van der Waals surface area (Å²) in [5, 5.41) is 3.17. The second-order valence-electron chi connectivity index (χ2n) is 6.73. The summed E-state index contributed by atoms with van der Waals surface area (Å²) in [6.07, 6.45) is 0.151. The molecule has 10 heteroatoms. The summed E-state index contributed by atoms with van der Waals surface area (Å²) in [5.74, 6) is -0.365. The van der Waals surface area contributed by atoms with Crippen LogP contribution in [0.5, 0.6) is 0 Å². The van der Waals surface area contributed by atoms with Crippen LogP contribution in [0.25, 0.3) is 0 Å². The van der Waals surface area contributed by atoms with Crippen LogP contribution in [0.4, 0.5) is 0 Å². The summed E-state index contributed by atoms with van der Waals surface area (Å²) in [6.45, 7) is 1.15. The zero-order chi connectivity index (χ0) is 21.7. The summed E-state index contributed by atoms with van der Waals surface area (Å²) in [7, 11) is -3.71. The van der Waals surface area contributed by atoms with Gasteiger partial charge in [0.15, 0.2) is 0 Å². The predicted octanol–water partition coefficient (Wildman–Crippen LogP) is 2.65. The summed E-state index contributed by atoms with van der Waals surface area (Å²) in [4.78, 5) is 26.1. The Kier molecular flexibility index (Phi) is 7.36. The number of amides is 2. The fraction of sp³-hybridized carbons (Fsp3) is 0.300. The maximum atomic E-state index is 12.8. The molecule has 0 unspecified atom stereocenters. The van der Waals surface area contributed by atoms with Crippen LogP contribution in [0.15, 0.2) is 53.4 Å². The molecule has 1 aliphatic heterocycles. The molecule has 1 aliphatic rings. The smallest absolute Gasteiger partial charge is 0.251 e. The molecule has 2 aromatic carbocycles. The zero-order valence-electron chi connectivity index (χ0n) is 16.1. The first-order valence-electron chi connectivity index (χ1n) is 9.35. The highest BCUT2D eigenvalue weighted by Crippen LogP contribution is 2.27. The number of piperazine rings is 1. The van der Waals surface area contributed by atoms with Gasteiger partial charge in [-0.25, -0.2) is 8.42 Å². The fourth-order valence-electron chi connectivity index (χ4n) is 3.10. The first-order valence-corrected chi connectivity index (χ1v) is 11.5. The Morgan fingerprint density at radius 2 is 1.60 bits per heavy atom. The van der Waals surface area contributed by atoms with Gasteiger partial charge in [-0.2, -0.15) is 4.31 Å². The third-order valence-electron chi connectivity index (χ3n) is 4.78. The van der Waals surface area contributed by atoms with Gasteiger partial charge in [0.25, 0.3) is 5.91 Å². The highest BCUT2D eigenvalue weighted by Gasteiger charge is 2.30. The number of hydrogen-bond donors (Lipinski definition) is 1. The summed E-state index contributed by atoms with van der Waals surface area (Å²) in [6, 6.07) is 12.9. The molecule has 1 heterocycles. The van der Waals surface area contributed by atoms with E-state index in [1.54, 1.807) is 29.2 Å². The standard InChI is InChI=1S/C20H21Cl2N3O4S/c21-17-7-6-16(14-18(17)22)30(28,29)25-12-10-24(11-13-25)19(26)8-9-23-20(27)15-4-2-1-3-5-15/h1-7,14H,8-13H2,(H,23,27). The first-order chi connectivity index (χ1) is 14.3. The quantitative estimate of drug-likeness (QED) is 0.704. The van der Waals surface area contributed by atoms with E-state index >= 15 is 0 Å². The summed E-state index contributed by atoms with van der Waals surface area (Å²) in [5.41, 5.74) is 0.533. The minimum atomic E-state index is -3.71. The molecule has 0 atom stereocenters. The maximum Gasteiger partial charge on any atom is 0.251 e. The number of rotatable bonds is 6. The van der Waals surface area contributed by atoms with Gasteiger partial charge in [-0.3, -0.25) is 9.59 Å². The number of halogens is 2. The Morgan fingerprint density at radius 1 is 0.933 bits per heavy atom. The van der Waals surface area contributed by atoms with Gasteiger partial charge in [-0.15, -0.1) is 0 Å². The Morgan fingerprint density at radius 3 is 2.23 bits per heavy atom. The van der Waals surface area contributed by atoms with Crippen molar-refractivity contribution in [2.24, 2.45) is 0 Å². The van der Waals surface area contributed by atoms with Crippen LogP contribution in [-0.2, 0) is 14.8 Å². The molecule has 1 N–H and O–H groups in total. The van der Waals surface area contributed by atoms with Crippen LogP contribution >= 0.6 is 23.2 Å². The molecule has 0 spiro atoms. The van der Waals surface area contributed by atoms with E-state index in [-0.39, 0.29) is 65.9 Å². The molecule has 0 aromatic heterocycles. The van der Waals surface area contributed by atoms with Gasteiger partial charge in [0, 0.05) is 44.7 Å². The third-order valence-corrected chi connectivity index (χ3v) is 7.41. The third kappa shape index (κ3) is 5.31. The second-order valence-corrected chi connectivity index (χ2v) is 9.49. The van der Waals surface area contributed by atoms with Crippen LogP contribution in [-0.4, -0.2) is 62.2 Å². The van der Waals surface area contributed by atoms with E-state index < -0.39 is 10.0 Å². The number of nitrogens with one attached hydrogen (secondary N) is 1. The minimum absolute atomic E-state index is 0.0697. The molecule has 0 bridgehead atoms. The van der Waals surface area contributed by atoms with E-state index in [0.717, 1.165) is 0 Å². The lowest BCUT2D eigenvalue weighted by Crippen LogP contribution is -2.50. The van der Waals surface area contributed by atoms with Crippen molar-refractivity contribution >= 4 is 45.0 Å². The van der Waals surface area contributed by atoms with E-state index in [1.165, 1.54) is 22.5 Å². The SMILES string of the molecule is O=C(NCCC(=O)N1CCN(S(=O)(=O)c2ccc(Cl)c(Cl)c2)CC1)c1ccccc1. The van der Waals surface area contributed by atoms with E-state index in [0.29, 0.717) is 5.56 Å². The van der Waals surface area contributed by atoms with Crippen molar-refractivity contribution < 1.29 is 18.0 Å². The van der Waals surface area contributed by atoms with Gasteiger partial charge in [-0.1, -0.05) is 41.4 Å². The van der Waals surface area contributed by atoms with Crippen LogP contribution in [0.2, 0.25) is 10.0 Å². The maximum absolute atomic E-state index is 12.8. The molecule has 2 aromatic rings. The summed E-state index contributed by atoms with van der Waals surface area (Å²) >= 11 is 11.8. The Balaban J connectivity index is 1.49. The van der Waals surface area contributed by atoms with Crippen molar-refractivity contribution in [1.82, 2.24) is 14.5 Å². The highest BCUT2D eigenvalue weighted by atomic mass is 35.5. The highest BCUT2D eigenvalue weighted by molar-refractivity contribution is 7.89. The van der Waals surface area contributed by atoms with Gasteiger partial charge >= 0.3 is 0 Å². The minimum Gasteiger partial charge on any atom is -0.352 e. The number of benzene rings is 2. The Bertz CT molecular complexity index is 1020. The van der Waals surface area contributed by atoms with Crippen molar-refractivity contribution in [2.45, 2.75) is 11.3 Å². The van der Waals surface area contributed by atoms with E-state index in [9.17, 15) is 18.0 Å².